The first-order valence-electron chi connectivity index (χ1n) is 38.2. The van der Waals surface area contributed by atoms with E-state index in [1.165, 1.54) is 379 Å². The van der Waals surface area contributed by atoms with Crippen LogP contribution in [-0.2, 0) is 4.79 Å². The van der Waals surface area contributed by atoms with Crippen LogP contribution in [0.3, 0.4) is 0 Å². The molecule has 0 saturated heterocycles. The maximum absolute atomic E-state index is 12.6. The van der Waals surface area contributed by atoms with E-state index in [0.29, 0.717) is 6.42 Å². The van der Waals surface area contributed by atoms with E-state index in [9.17, 15) is 15.0 Å². The third-order valence-corrected chi connectivity index (χ3v) is 18.1. The Morgan fingerprint density at radius 3 is 0.707 bits per heavy atom. The van der Waals surface area contributed by atoms with E-state index in [4.69, 9.17) is 0 Å². The summed E-state index contributed by atoms with van der Waals surface area (Å²) in [6.07, 6.45) is 103. The molecule has 0 aliphatic carbocycles. The topological polar surface area (TPSA) is 69.6 Å². The highest BCUT2D eigenvalue weighted by Gasteiger charge is 2.18. The number of aliphatic hydroxyl groups excluding tert-OH is 2. The largest absolute Gasteiger partial charge is 0.394 e. The van der Waals surface area contributed by atoms with Gasteiger partial charge in [0.05, 0.1) is 18.8 Å². The van der Waals surface area contributed by atoms with Crippen molar-refractivity contribution in [3.8, 4) is 0 Å². The maximum atomic E-state index is 12.6. The molecule has 2 atom stereocenters. The standard InChI is InChI=1S/C78H151NO3/c1-3-5-7-9-11-13-15-17-19-21-23-25-27-29-31-33-35-37-38-39-40-41-42-44-46-48-50-52-54-56-58-60-62-64-66-68-70-72-74-78(82)79-76(75-80)77(81)73-71-69-67-65-63-61-59-57-55-53-51-49-47-45-43-36-34-32-30-28-26-24-22-20-18-16-14-12-10-8-6-4-2/h55,57,63,65,71,73,76-77,80-81H,3-54,56,58-62,64,66-70,72,74-75H2,1-2H3,(H,79,82)/b57-55+,65-63+,73-71+. The van der Waals surface area contributed by atoms with E-state index in [1.807, 2.05) is 6.08 Å². The molecular weight excluding hydrogens is 999 g/mol. The minimum absolute atomic E-state index is 0.0686. The zero-order valence-corrected chi connectivity index (χ0v) is 56.3. The molecule has 486 valence electrons. The van der Waals surface area contributed by atoms with Crippen LogP contribution in [0.2, 0.25) is 0 Å². The van der Waals surface area contributed by atoms with Gasteiger partial charge in [0.25, 0.3) is 0 Å². The normalized spacial score (nSPS) is 12.8. The summed E-state index contributed by atoms with van der Waals surface area (Å²) in [5.74, 6) is -0.0686. The molecule has 0 aliphatic rings. The van der Waals surface area contributed by atoms with E-state index < -0.39 is 12.1 Å². The van der Waals surface area contributed by atoms with Gasteiger partial charge in [0.1, 0.15) is 0 Å². The van der Waals surface area contributed by atoms with E-state index in [0.717, 1.165) is 38.5 Å². The van der Waals surface area contributed by atoms with Gasteiger partial charge in [-0.1, -0.05) is 423 Å². The predicted octanol–water partition coefficient (Wildman–Crippen LogP) is 26.3. The summed E-state index contributed by atoms with van der Waals surface area (Å²) < 4.78 is 0. The molecule has 2 unspecified atom stereocenters. The quantitative estimate of drug-likeness (QED) is 0.0420. The van der Waals surface area contributed by atoms with Crippen molar-refractivity contribution in [2.24, 2.45) is 0 Å². The third kappa shape index (κ3) is 69.4. The van der Waals surface area contributed by atoms with Crippen LogP contribution in [0, 0.1) is 0 Å². The molecule has 4 heteroatoms. The fourth-order valence-electron chi connectivity index (χ4n) is 12.3. The van der Waals surface area contributed by atoms with E-state index >= 15 is 0 Å². The second kappa shape index (κ2) is 73.9. The van der Waals surface area contributed by atoms with Gasteiger partial charge in [0.15, 0.2) is 0 Å². The Morgan fingerprint density at radius 2 is 0.476 bits per heavy atom. The second-order valence-corrected chi connectivity index (χ2v) is 26.4. The van der Waals surface area contributed by atoms with Crippen molar-refractivity contribution in [2.75, 3.05) is 6.61 Å². The van der Waals surface area contributed by atoms with Gasteiger partial charge in [0, 0.05) is 6.42 Å². The number of allylic oxidation sites excluding steroid dienone is 5. The van der Waals surface area contributed by atoms with Gasteiger partial charge < -0.3 is 15.5 Å². The van der Waals surface area contributed by atoms with Crippen molar-refractivity contribution < 1.29 is 15.0 Å². The molecule has 0 aromatic heterocycles. The Balaban J connectivity index is 3.43. The fraction of sp³-hybridized carbons (Fsp3) is 0.910. The number of nitrogens with one attached hydrogen (secondary N) is 1. The van der Waals surface area contributed by atoms with E-state index in [2.05, 4.69) is 43.5 Å². The lowest BCUT2D eigenvalue weighted by Crippen LogP contribution is -2.45. The van der Waals surface area contributed by atoms with Gasteiger partial charge in [-0.15, -0.1) is 0 Å². The van der Waals surface area contributed by atoms with Crippen LogP contribution < -0.4 is 5.32 Å². The summed E-state index contributed by atoms with van der Waals surface area (Å²) in [6.45, 7) is 4.35. The molecule has 0 radical (unpaired) electrons. The lowest BCUT2D eigenvalue weighted by Gasteiger charge is -2.19. The average Bonchev–Trinajstić information content (AvgIpc) is 3.50. The number of carbonyl (C=O) groups is 1. The molecule has 0 fully saturated rings. The van der Waals surface area contributed by atoms with Gasteiger partial charge in [-0.3, -0.25) is 4.79 Å². The molecule has 0 aromatic rings. The Bertz CT molecular complexity index is 1260. The highest BCUT2D eigenvalue weighted by molar-refractivity contribution is 5.76. The Hall–Kier alpha value is -1.39. The van der Waals surface area contributed by atoms with E-state index in [1.54, 1.807) is 6.08 Å². The van der Waals surface area contributed by atoms with Crippen LogP contribution in [0.5, 0.6) is 0 Å². The van der Waals surface area contributed by atoms with E-state index in [-0.39, 0.29) is 12.5 Å². The molecule has 0 heterocycles. The van der Waals surface area contributed by atoms with Crippen molar-refractivity contribution >= 4 is 5.91 Å². The molecule has 0 spiro atoms. The summed E-state index contributed by atoms with van der Waals surface area (Å²) in [4.78, 5) is 12.6. The Labute approximate surface area is 516 Å². The fourth-order valence-corrected chi connectivity index (χ4v) is 12.3. The van der Waals surface area contributed by atoms with Crippen LogP contribution >= 0.6 is 0 Å². The van der Waals surface area contributed by atoms with Crippen LogP contribution in [0.4, 0.5) is 0 Å². The lowest BCUT2D eigenvalue weighted by molar-refractivity contribution is -0.123. The lowest BCUT2D eigenvalue weighted by atomic mass is 10.0. The third-order valence-electron chi connectivity index (χ3n) is 18.1. The van der Waals surface area contributed by atoms with Crippen molar-refractivity contribution in [3.05, 3.63) is 36.5 Å². The zero-order valence-electron chi connectivity index (χ0n) is 56.3. The van der Waals surface area contributed by atoms with Crippen molar-refractivity contribution in [1.82, 2.24) is 5.32 Å². The summed E-state index contributed by atoms with van der Waals surface area (Å²) in [5.41, 5.74) is 0. The molecule has 0 rings (SSSR count). The highest BCUT2D eigenvalue weighted by atomic mass is 16.3. The van der Waals surface area contributed by atoms with Crippen LogP contribution in [0.15, 0.2) is 36.5 Å². The first-order chi connectivity index (χ1) is 40.7. The number of hydrogen-bond donors (Lipinski definition) is 3. The van der Waals surface area contributed by atoms with Crippen LogP contribution in [-0.4, -0.2) is 34.9 Å². The van der Waals surface area contributed by atoms with Gasteiger partial charge in [-0.05, 0) is 44.9 Å². The molecule has 0 bridgehead atoms. The minimum atomic E-state index is -0.871. The smallest absolute Gasteiger partial charge is 0.220 e. The van der Waals surface area contributed by atoms with Crippen molar-refractivity contribution in [3.63, 3.8) is 0 Å². The molecule has 0 aliphatic heterocycles. The summed E-state index contributed by atoms with van der Waals surface area (Å²) >= 11 is 0. The molecule has 82 heavy (non-hydrogen) atoms. The first-order valence-corrected chi connectivity index (χ1v) is 38.2. The van der Waals surface area contributed by atoms with Gasteiger partial charge in [-0.2, -0.15) is 0 Å². The number of hydrogen-bond acceptors (Lipinski definition) is 3. The molecular formula is C78H151NO3. The van der Waals surface area contributed by atoms with Crippen LogP contribution in [0.25, 0.3) is 0 Å². The Morgan fingerprint density at radius 1 is 0.280 bits per heavy atom. The summed E-state index contributed by atoms with van der Waals surface area (Å²) in [7, 11) is 0. The number of rotatable bonds is 72. The van der Waals surface area contributed by atoms with Gasteiger partial charge >= 0.3 is 0 Å². The van der Waals surface area contributed by atoms with Gasteiger partial charge in [-0.25, -0.2) is 0 Å². The molecule has 4 nitrogen and oxygen atoms in total. The Kier molecular flexibility index (Phi) is 72.6. The predicted molar refractivity (Wildman–Crippen MR) is 369 cm³/mol. The minimum Gasteiger partial charge on any atom is -0.394 e. The first kappa shape index (κ1) is 80.6. The average molecular weight is 1150 g/mol. The highest BCUT2D eigenvalue weighted by Crippen LogP contribution is 2.20. The number of amides is 1. The van der Waals surface area contributed by atoms with Crippen molar-refractivity contribution in [1.29, 1.82) is 0 Å². The monoisotopic (exact) mass is 1150 g/mol. The molecule has 0 saturated carbocycles. The van der Waals surface area contributed by atoms with Crippen molar-refractivity contribution in [2.45, 2.75) is 450 Å². The van der Waals surface area contributed by atoms with Gasteiger partial charge in [0.2, 0.25) is 5.91 Å². The number of carbonyl (C=O) groups excluding carboxylic acids is 1. The number of aliphatic hydroxyl groups is 2. The summed E-state index contributed by atoms with van der Waals surface area (Å²) in [5, 5.41) is 23.3. The molecule has 1 amide bonds. The second-order valence-electron chi connectivity index (χ2n) is 26.4. The molecule has 0 aromatic carbocycles. The van der Waals surface area contributed by atoms with Crippen LogP contribution in [0.1, 0.15) is 438 Å². The molecule has 3 N–H and O–H groups in total. The summed E-state index contributed by atoms with van der Waals surface area (Å²) in [6, 6.07) is -0.646. The number of unbranched alkanes of at least 4 members (excludes halogenated alkanes) is 61. The SMILES string of the molecule is CCCCCCCCCCCCCCCCCCCCCCCC/C=C/CC/C=C/CC/C=C/C(O)C(CO)NC(=O)CCCCCCCCCCCCCCCCCCCCCCCCCCCCCCCCCCCCCCCC. The maximum Gasteiger partial charge on any atom is 0.220 e. The zero-order chi connectivity index (χ0) is 59.1.